The average molecular weight is 267 g/mol. The molecule has 20 heavy (non-hydrogen) atoms. The number of rotatable bonds is 4. The number of aryl methyl sites for hydroxylation is 2. The van der Waals surface area contributed by atoms with E-state index in [0.717, 1.165) is 22.4 Å². The predicted octanol–water partition coefficient (Wildman–Crippen LogP) is 3.44. The van der Waals surface area contributed by atoms with Gasteiger partial charge in [-0.05, 0) is 42.7 Å². The zero-order valence-corrected chi connectivity index (χ0v) is 11.6. The van der Waals surface area contributed by atoms with Crippen molar-refractivity contribution in [3.05, 3.63) is 64.7 Å². The molecule has 0 fully saturated rings. The van der Waals surface area contributed by atoms with Gasteiger partial charge in [0, 0.05) is 5.56 Å². The lowest BCUT2D eigenvalue weighted by Crippen LogP contribution is -2.03. The van der Waals surface area contributed by atoms with E-state index in [9.17, 15) is 5.11 Å². The molecule has 102 valence electrons. The van der Waals surface area contributed by atoms with Gasteiger partial charge in [0.15, 0.2) is 6.10 Å². The van der Waals surface area contributed by atoms with Gasteiger partial charge in [-0.25, -0.2) is 0 Å². The number of benzene rings is 2. The molecule has 0 saturated carbocycles. The highest BCUT2D eigenvalue weighted by atomic mass is 16.5. The SMILES string of the molecule is Cc1cc(C)cc(OCc2ccccc2[C@@H](O)C#N)c1. The smallest absolute Gasteiger partial charge is 0.166 e. The summed E-state index contributed by atoms with van der Waals surface area (Å²) >= 11 is 0. The molecule has 3 heteroatoms. The largest absolute Gasteiger partial charge is 0.489 e. The zero-order chi connectivity index (χ0) is 14.5. The molecule has 1 N–H and O–H groups in total. The quantitative estimate of drug-likeness (QED) is 0.863. The molecule has 0 unspecified atom stereocenters. The standard InChI is InChI=1S/C17H17NO2/c1-12-7-13(2)9-15(8-12)20-11-14-5-3-4-6-16(14)17(19)10-18/h3-9,17,19H,11H2,1-2H3/t17-/m0/s1. The van der Waals surface area contributed by atoms with Crippen LogP contribution in [-0.4, -0.2) is 5.11 Å². The van der Waals surface area contributed by atoms with Crippen LogP contribution in [0.1, 0.15) is 28.4 Å². The lowest BCUT2D eigenvalue weighted by Gasteiger charge is -2.12. The van der Waals surface area contributed by atoms with Gasteiger partial charge < -0.3 is 9.84 Å². The van der Waals surface area contributed by atoms with E-state index < -0.39 is 6.10 Å². The molecule has 2 rings (SSSR count). The topological polar surface area (TPSA) is 53.2 Å². The van der Waals surface area contributed by atoms with Gasteiger partial charge in [0.25, 0.3) is 0 Å². The number of hydrogen-bond acceptors (Lipinski definition) is 3. The predicted molar refractivity (Wildman–Crippen MR) is 77.3 cm³/mol. The summed E-state index contributed by atoms with van der Waals surface area (Å²) in [5.74, 6) is 0.795. The van der Waals surface area contributed by atoms with Gasteiger partial charge in [-0.2, -0.15) is 5.26 Å². The maximum atomic E-state index is 9.68. The van der Waals surface area contributed by atoms with Crippen LogP contribution in [0.3, 0.4) is 0 Å². The minimum absolute atomic E-state index is 0.331. The number of nitrogens with zero attached hydrogens (tertiary/aromatic N) is 1. The Morgan fingerprint density at radius 2 is 1.80 bits per heavy atom. The van der Waals surface area contributed by atoms with Crippen LogP contribution in [0, 0.1) is 25.2 Å². The Balaban J connectivity index is 2.17. The van der Waals surface area contributed by atoms with Crippen LogP contribution in [0.2, 0.25) is 0 Å². The Morgan fingerprint density at radius 1 is 1.15 bits per heavy atom. The average Bonchev–Trinajstić information content (AvgIpc) is 2.43. The third kappa shape index (κ3) is 3.37. The van der Waals surface area contributed by atoms with Crippen molar-refractivity contribution in [1.82, 2.24) is 0 Å². The fourth-order valence-corrected chi connectivity index (χ4v) is 2.18. The van der Waals surface area contributed by atoms with E-state index in [0.29, 0.717) is 12.2 Å². The molecular weight excluding hydrogens is 250 g/mol. The van der Waals surface area contributed by atoms with E-state index in [1.165, 1.54) is 0 Å². The number of nitriles is 1. The molecule has 0 radical (unpaired) electrons. The highest BCUT2D eigenvalue weighted by molar-refractivity contribution is 5.35. The van der Waals surface area contributed by atoms with Gasteiger partial charge in [-0.1, -0.05) is 30.3 Å². The first kappa shape index (κ1) is 14.1. The molecule has 0 amide bonds. The summed E-state index contributed by atoms with van der Waals surface area (Å²) in [7, 11) is 0. The second-order valence-corrected chi connectivity index (χ2v) is 4.84. The normalized spacial score (nSPS) is 11.7. The van der Waals surface area contributed by atoms with Crippen molar-refractivity contribution in [2.24, 2.45) is 0 Å². The fourth-order valence-electron chi connectivity index (χ4n) is 2.18. The minimum atomic E-state index is -1.12. The maximum Gasteiger partial charge on any atom is 0.166 e. The minimum Gasteiger partial charge on any atom is -0.489 e. The van der Waals surface area contributed by atoms with Crippen molar-refractivity contribution in [1.29, 1.82) is 5.26 Å². The summed E-state index contributed by atoms with van der Waals surface area (Å²) in [5.41, 5.74) is 3.70. The number of ether oxygens (including phenoxy) is 1. The number of aliphatic hydroxyl groups excluding tert-OH is 1. The summed E-state index contributed by atoms with van der Waals surface area (Å²) in [4.78, 5) is 0. The molecule has 0 aliphatic rings. The van der Waals surface area contributed by atoms with Crippen molar-refractivity contribution in [3.8, 4) is 11.8 Å². The third-order valence-corrected chi connectivity index (χ3v) is 3.06. The Bertz CT molecular complexity index is 623. The first-order valence-electron chi connectivity index (χ1n) is 6.46. The monoisotopic (exact) mass is 267 g/mol. The Kier molecular flexibility index (Phi) is 4.39. The summed E-state index contributed by atoms with van der Waals surface area (Å²) in [6.45, 7) is 4.37. The second kappa shape index (κ2) is 6.23. The van der Waals surface area contributed by atoms with Gasteiger partial charge >= 0.3 is 0 Å². The third-order valence-electron chi connectivity index (χ3n) is 3.06. The van der Waals surface area contributed by atoms with E-state index in [2.05, 4.69) is 6.07 Å². The highest BCUT2D eigenvalue weighted by Gasteiger charge is 2.11. The first-order valence-corrected chi connectivity index (χ1v) is 6.46. The van der Waals surface area contributed by atoms with Crippen LogP contribution in [-0.2, 0) is 6.61 Å². The van der Waals surface area contributed by atoms with Crippen LogP contribution in [0.25, 0.3) is 0 Å². The van der Waals surface area contributed by atoms with Crippen molar-refractivity contribution in [3.63, 3.8) is 0 Å². The summed E-state index contributed by atoms with van der Waals surface area (Å²) in [6.07, 6.45) is -1.12. The van der Waals surface area contributed by atoms with Gasteiger partial charge in [0.2, 0.25) is 0 Å². The van der Waals surface area contributed by atoms with Gasteiger partial charge in [0.1, 0.15) is 12.4 Å². The van der Waals surface area contributed by atoms with Gasteiger partial charge in [0.05, 0.1) is 6.07 Å². The second-order valence-electron chi connectivity index (χ2n) is 4.84. The van der Waals surface area contributed by atoms with E-state index >= 15 is 0 Å². The Labute approximate surface area is 119 Å². The molecule has 0 heterocycles. The van der Waals surface area contributed by atoms with E-state index in [1.807, 2.05) is 44.2 Å². The molecule has 2 aromatic carbocycles. The first-order chi connectivity index (χ1) is 9.60. The molecule has 0 saturated heterocycles. The van der Waals surface area contributed by atoms with Crippen LogP contribution < -0.4 is 4.74 Å². The Morgan fingerprint density at radius 3 is 2.45 bits per heavy atom. The summed E-state index contributed by atoms with van der Waals surface area (Å²) in [6, 6.07) is 15.1. The summed E-state index contributed by atoms with van der Waals surface area (Å²) in [5, 5.41) is 18.5. The highest BCUT2D eigenvalue weighted by Crippen LogP contribution is 2.21. The maximum absolute atomic E-state index is 9.68. The van der Waals surface area contributed by atoms with E-state index in [4.69, 9.17) is 10.00 Å². The molecule has 0 aromatic heterocycles. The lowest BCUT2D eigenvalue weighted by atomic mass is 10.0. The van der Waals surface area contributed by atoms with Crippen molar-refractivity contribution >= 4 is 0 Å². The molecule has 0 spiro atoms. The van der Waals surface area contributed by atoms with Gasteiger partial charge in [-0.3, -0.25) is 0 Å². The van der Waals surface area contributed by atoms with E-state index in [1.54, 1.807) is 12.1 Å². The molecule has 2 aromatic rings. The van der Waals surface area contributed by atoms with Crippen molar-refractivity contribution in [2.45, 2.75) is 26.6 Å². The Hall–Kier alpha value is -2.31. The molecular formula is C17H17NO2. The number of aliphatic hydroxyl groups is 1. The van der Waals surface area contributed by atoms with Crippen LogP contribution in [0.4, 0.5) is 0 Å². The van der Waals surface area contributed by atoms with Crippen LogP contribution in [0.5, 0.6) is 5.75 Å². The number of hydrogen-bond donors (Lipinski definition) is 1. The molecule has 0 aliphatic carbocycles. The van der Waals surface area contributed by atoms with E-state index in [-0.39, 0.29) is 0 Å². The zero-order valence-electron chi connectivity index (χ0n) is 11.6. The van der Waals surface area contributed by atoms with Crippen LogP contribution in [0.15, 0.2) is 42.5 Å². The van der Waals surface area contributed by atoms with Gasteiger partial charge in [-0.15, -0.1) is 0 Å². The fraction of sp³-hybridized carbons (Fsp3) is 0.235. The van der Waals surface area contributed by atoms with Crippen molar-refractivity contribution < 1.29 is 9.84 Å². The molecule has 3 nitrogen and oxygen atoms in total. The molecule has 0 bridgehead atoms. The summed E-state index contributed by atoms with van der Waals surface area (Å²) < 4.78 is 5.77. The lowest BCUT2D eigenvalue weighted by molar-refractivity contribution is 0.229. The van der Waals surface area contributed by atoms with Crippen molar-refractivity contribution in [2.75, 3.05) is 0 Å². The molecule has 0 aliphatic heterocycles. The van der Waals surface area contributed by atoms with Crippen LogP contribution >= 0.6 is 0 Å². The molecule has 1 atom stereocenters.